The lowest BCUT2D eigenvalue weighted by Gasteiger charge is -2.39. The van der Waals surface area contributed by atoms with Gasteiger partial charge < -0.3 is 19.5 Å². The lowest BCUT2D eigenvalue weighted by molar-refractivity contribution is -0.0484. The summed E-state index contributed by atoms with van der Waals surface area (Å²) in [5, 5.41) is 19.6. The zero-order valence-corrected chi connectivity index (χ0v) is 10.7. The standard InChI is InChI=1S/C13H19NO4/c1-9(2)14-6-4-13(17,5-7-14)11-10(12(15)16)3-8-18-11/h3,8-9,17H,4-7H2,1-2H3,(H,15,16). The first-order valence-electron chi connectivity index (χ1n) is 6.22. The molecule has 2 heterocycles. The molecule has 1 aromatic rings. The SMILES string of the molecule is CC(C)N1CCC(O)(c2occc2C(=O)O)CC1. The van der Waals surface area contributed by atoms with Crippen molar-refractivity contribution in [2.75, 3.05) is 13.1 Å². The summed E-state index contributed by atoms with van der Waals surface area (Å²) in [5.74, 6) is -0.864. The maximum Gasteiger partial charge on any atom is 0.339 e. The maximum atomic E-state index is 11.1. The van der Waals surface area contributed by atoms with E-state index >= 15 is 0 Å². The van der Waals surface area contributed by atoms with Crippen molar-refractivity contribution < 1.29 is 19.4 Å². The number of carboxylic acids is 1. The Balaban J connectivity index is 2.18. The predicted octanol–water partition coefficient (Wildman–Crippen LogP) is 1.67. The molecular formula is C13H19NO4. The van der Waals surface area contributed by atoms with Gasteiger partial charge in [-0.1, -0.05) is 0 Å². The third-order valence-corrected chi connectivity index (χ3v) is 3.67. The average molecular weight is 253 g/mol. The van der Waals surface area contributed by atoms with Crippen LogP contribution in [-0.4, -0.2) is 40.2 Å². The van der Waals surface area contributed by atoms with Crippen molar-refractivity contribution in [1.82, 2.24) is 4.90 Å². The molecular weight excluding hydrogens is 234 g/mol. The van der Waals surface area contributed by atoms with Crippen LogP contribution in [0.2, 0.25) is 0 Å². The van der Waals surface area contributed by atoms with Gasteiger partial charge in [-0.3, -0.25) is 0 Å². The number of aliphatic hydroxyl groups is 1. The Morgan fingerprint density at radius 1 is 1.44 bits per heavy atom. The van der Waals surface area contributed by atoms with Crippen molar-refractivity contribution in [3.8, 4) is 0 Å². The fraction of sp³-hybridized carbons (Fsp3) is 0.615. The molecule has 0 amide bonds. The first-order chi connectivity index (χ1) is 8.44. The Hall–Kier alpha value is -1.33. The molecule has 2 rings (SSSR count). The van der Waals surface area contributed by atoms with Crippen LogP contribution >= 0.6 is 0 Å². The Morgan fingerprint density at radius 3 is 2.56 bits per heavy atom. The van der Waals surface area contributed by atoms with E-state index in [4.69, 9.17) is 9.52 Å². The van der Waals surface area contributed by atoms with E-state index in [-0.39, 0.29) is 11.3 Å². The molecule has 1 aromatic heterocycles. The number of nitrogens with zero attached hydrogens (tertiary/aromatic N) is 1. The summed E-state index contributed by atoms with van der Waals surface area (Å²) in [6, 6.07) is 1.83. The molecule has 1 aliphatic heterocycles. The van der Waals surface area contributed by atoms with E-state index in [0.29, 0.717) is 18.9 Å². The van der Waals surface area contributed by atoms with Crippen LogP contribution in [0.15, 0.2) is 16.7 Å². The second kappa shape index (κ2) is 4.74. The van der Waals surface area contributed by atoms with E-state index in [2.05, 4.69) is 18.7 Å². The van der Waals surface area contributed by atoms with Gasteiger partial charge in [0.15, 0.2) is 0 Å². The fourth-order valence-electron chi connectivity index (χ4n) is 2.48. The summed E-state index contributed by atoms with van der Waals surface area (Å²) in [6.07, 6.45) is 2.32. The minimum absolute atomic E-state index is 0.0653. The molecule has 0 atom stereocenters. The third kappa shape index (κ3) is 2.28. The van der Waals surface area contributed by atoms with Gasteiger partial charge in [0.05, 0.1) is 6.26 Å². The van der Waals surface area contributed by atoms with Crippen LogP contribution in [0, 0.1) is 0 Å². The summed E-state index contributed by atoms with van der Waals surface area (Å²) < 4.78 is 5.21. The number of furan rings is 1. The van der Waals surface area contributed by atoms with Crippen molar-refractivity contribution in [3.05, 3.63) is 23.7 Å². The van der Waals surface area contributed by atoms with Crippen LogP contribution in [-0.2, 0) is 5.60 Å². The molecule has 1 aliphatic rings. The average Bonchev–Trinajstić information content (AvgIpc) is 2.79. The summed E-state index contributed by atoms with van der Waals surface area (Å²) >= 11 is 0. The van der Waals surface area contributed by atoms with E-state index in [1.165, 1.54) is 12.3 Å². The zero-order chi connectivity index (χ0) is 13.3. The number of hydrogen-bond donors (Lipinski definition) is 2. The molecule has 5 heteroatoms. The molecule has 5 nitrogen and oxygen atoms in total. The van der Waals surface area contributed by atoms with Crippen LogP contribution in [0.25, 0.3) is 0 Å². The van der Waals surface area contributed by atoms with Gasteiger partial charge in [-0.15, -0.1) is 0 Å². The predicted molar refractivity (Wildman–Crippen MR) is 65.5 cm³/mol. The maximum absolute atomic E-state index is 11.1. The van der Waals surface area contributed by atoms with Gasteiger partial charge in [0.25, 0.3) is 0 Å². The molecule has 0 radical (unpaired) electrons. The lowest BCUT2D eigenvalue weighted by Crippen LogP contribution is -2.45. The Kier molecular flexibility index (Phi) is 3.45. The molecule has 100 valence electrons. The van der Waals surface area contributed by atoms with Crippen LogP contribution in [0.4, 0.5) is 0 Å². The smallest absolute Gasteiger partial charge is 0.339 e. The number of hydrogen-bond acceptors (Lipinski definition) is 4. The minimum atomic E-state index is -1.15. The summed E-state index contributed by atoms with van der Waals surface area (Å²) in [4.78, 5) is 13.3. The Labute approximate surface area is 106 Å². The minimum Gasteiger partial charge on any atom is -0.478 e. The first-order valence-corrected chi connectivity index (χ1v) is 6.22. The highest BCUT2D eigenvalue weighted by Gasteiger charge is 2.40. The second-order valence-corrected chi connectivity index (χ2v) is 5.13. The highest BCUT2D eigenvalue weighted by Crippen LogP contribution is 2.35. The second-order valence-electron chi connectivity index (χ2n) is 5.13. The third-order valence-electron chi connectivity index (χ3n) is 3.67. The first kappa shape index (κ1) is 13.1. The molecule has 0 aliphatic carbocycles. The molecule has 1 fully saturated rings. The lowest BCUT2D eigenvalue weighted by atomic mass is 9.86. The topological polar surface area (TPSA) is 73.9 Å². The number of carboxylic acid groups (broad SMARTS) is 1. The number of piperidine rings is 1. The van der Waals surface area contributed by atoms with E-state index in [0.717, 1.165) is 13.1 Å². The largest absolute Gasteiger partial charge is 0.478 e. The van der Waals surface area contributed by atoms with Crippen molar-refractivity contribution >= 4 is 5.97 Å². The highest BCUT2D eigenvalue weighted by molar-refractivity contribution is 5.89. The van der Waals surface area contributed by atoms with Gasteiger partial charge in [-0.05, 0) is 32.8 Å². The van der Waals surface area contributed by atoms with E-state index in [1.807, 2.05) is 0 Å². The van der Waals surface area contributed by atoms with Gasteiger partial charge in [0.1, 0.15) is 16.9 Å². The van der Waals surface area contributed by atoms with Gasteiger partial charge in [-0.2, -0.15) is 0 Å². The molecule has 0 saturated carbocycles. The fourth-order valence-corrected chi connectivity index (χ4v) is 2.48. The zero-order valence-electron chi connectivity index (χ0n) is 10.7. The molecule has 0 unspecified atom stereocenters. The molecule has 0 spiro atoms. The van der Waals surface area contributed by atoms with Crippen molar-refractivity contribution in [2.24, 2.45) is 0 Å². The molecule has 18 heavy (non-hydrogen) atoms. The van der Waals surface area contributed by atoms with Crippen LogP contribution < -0.4 is 0 Å². The summed E-state index contributed by atoms with van der Waals surface area (Å²) in [5.41, 5.74) is -1.08. The van der Waals surface area contributed by atoms with E-state index in [1.54, 1.807) is 0 Å². The van der Waals surface area contributed by atoms with E-state index < -0.39 is 11.6 Å². The van der Waals surface area contributed by atoms with E-state index in [9.17, 15) is 9.90 Å². The normalized spacial score (nSPS) is 20.2. The van der Waals surface area contributed by atoms with Gasteiger partial charge in [-0.25, -0.2) is 4.79 Å². The molecule has 0 bridgehead atoms. The summed E-state index contributed by atoms with van der Waals surface area (Å²) in [6.45, 7) is 5.71. The van der Waals surface area contributed by atoms with Crippen molar-refractivity contribution in [2.45, 2.75) is 38.3 Å². The summed E-state index contributed by atoms with van der Waals surface area (Å²) in [7, 11) is 0. The quantitative estimate of drug-likeness (QED) is 0.857. The molecule has 0 aromatic carbocycles. The van der Waals surface area contributed by atoms with Gasteiger partial charge in [0.2, 0.25) is 0 Å². The number of carbonyl (C=O) groups is 1. The van der Waals surface area contributed by atoms with Crippen molar-refractivity contribution in [3.63, 3.8) is 0 Å². The van der Waals surface area contributed by atoms with Gasteiger partial charge in [0, 0.05) is 19.1 Å². The van der Waals surface area contributed by atoms with Crippen LogP contribution in [0.1, 0.15) is 42.8 Å². The number of aromatic carboxylic acids is 1. The number of likely N-dealkylation sites (tertiary alicyclic amines) is 1. The molecule has 1 saturated heterocycles. The Bertz CT molecular complexity index is 430. The monoisotopic (exact) mass is 253 g/mol. The van der Waals surface area contributed by atoms with Crippen LogP contribution in [0.5, 0.6) is 0 Å². The highest BCUT2D eigenvalue weighted by atomic mass is 16.4. The number of rotatable bonds is 3. The van der Waals surface area contributed by atoms with Crippen molar-refractivity contribution in [1.29, 1.82) is 0 Å². The molecule has 2 N–H and O–H groups in total. The Morgan fingerprint density at radius 2 is 2.06 bits per heavy atom. The van der Waals surface area contributed by atoms with Crippen LogP contribution in [0.3, 0.4) is 0 Å². The van der Waals surface area contributed by atoms with Gasteiger partial charge >= 0.3 is 5.97 Å².